The molecule has 2 aliphatic rings. The van der Waals surface area contributed by atoms with Crippen LogP contribution in [-0.2, 0) is 16.1 Å². The highest BCUT2D eigenvalue weighted by molar-refractivity contribution is 5.89. The minimum atomic E-state index is -0.452. The summed E-state index contributed by atoms with van der Waals surface area (Å²) in [5.41, 5.74) is 0.809. The van der Waals surface area contributed by atoms with Crippen LogP contribution in [-0.4, -0.2) is 57.8 Å². The van der Waals surface area contributed by atoms with Gasteiger partial charge in [-0.3, -0.25) is 19.5 Å². The van der Waals surface area contributed by atoms with Gasteiger partial charge in [-0.1, -0.05) is 18.2 Å². The monoisotopic (exact) mass is 382 g/mol. The van der Waals surface area contributed by atoms with Crippen molar-refractivity contribution >= 4 is 11.8 Å². The molecule has 3 rings (SSSR count). The maximum atomic E-state index is 13.3. The molecule has 0 bridgehead atoms. The molecule has 1 N–H and O–H groups in total. The van der Waals surface area contributed by atoms with Crippen LogP contribution in [0.5, 0.6) is 0 Å². The van der Waals surface area contributed by atoms with Crippen LogP contribution in [0.1, 0.15) is 37.7 Å². The highest BCUT2D eigenvalue weighted by Crippen LogP contribution is 2.37. The molecule has 2 aliphatic heterocycles. The SMILES string of the molecule is C=CCC1(CC=C)CCCN1C(=O)CC1C(=O)NCCN1Cc1cccnc1. The zero-order valence-electron chi connectivity index (χ0n) is 16.5. The number of nitrogens with one attached hydrogen (secondary N) is 1. The molecule has 0 radical (unpaired) electrons. The smallest absolute Gasteiger partial charge is 0.237 e. The fourth-order valence-corrected chi connectivity index (χ4v) is 4.55. The maximum absolute atomic E-state index is 13.3. The maximum Gasteiger partial charge on any atom is 0.237 e. The second-order valence-electron chi connectivity index (χ2n) is 7.70. The second kappa shape index (κ2) is 9.15. The van der Waals surface area contributed by atoms with E-state index in [1.807, 2.05) is 35.4 Å². The van der Waals surface area contributed by atoms with Crippen LogP contribution in [0.2, 0.25) is 0 Å². The molecule has 0 aromatic carbocycles. The molecule has 6 heteroatoms. The van der Waals surface area contributed by atoms with E-state index < -0.39 is 6.04 Å². The number of carbonyl (C=O) groups excluding carboxylic acids is 2. The van der Waals surface area contributed by atoms with Crippen molar-refractivity contribution in [1.82, 2.24) is 20.1 Å². The normalized spacial score (nSPS) is 21.9. The molecule has 2 amide bonds. The number of aromatic nitrogens is 1. The van der Waals surface area contributed by atoms with Crippen molar-refractivity contribution < 1.29 is 9.59 Å². The van der Waals surface area contributed by atoms with Crippen molar-refractivity contribution in [3.63, 3.8) is 0 Å². The third-order valence-electron chi connectivity index (χ3n) is 5.86. The first-order valence-corrected chi connectivity index (χ1v) is 10.0. The average Bonchev–Trinajstić information content (AvgIpc) is 3.09. The Morgan fingerprint density at radius 3 is 2.79 bits per heavy atom. The Morgan fingerprint density at radius 1 is 1.32 bits per heavy atom. The predicted molar refractivity (Wildman–Crippen MR) is 109 cm³/mol. The van der Waals surface area contributed by atoms with Crippen LogP contribution in [0.3, 0.4) is 0 Å². The zero-order valence-corrected chi connectivity index (χ0v) is 16.5. The third kappa shape index (κ3) is 4.33. The molecular weight excluding hydrogens is 352 g/mol. The molecular formula is C22H30N4O2. The summed E-state index contributed by atoms with van der Waals surface area (Å²) in [7, 11) is 0. The highest BCUT2D eigenvalue weighted by Gasteiger charge is 2.43. The molecule has 0 saturated carbocycles. The van der Waals surface area contributed by atoms with Gasteiger partial charge >= 0.3 is 0 Å². The molecule has 3 heterocycles. The number of carbonyl (C=O) groups is 2. The molecule has 2 fully saturated rings. The van der Waals surface area contributed by atoms with Gasteiger partial charge in [0.2, 0.25) is 11.8 Å². The van der Waals surface area contributed by atoms with E-state index in [0.29, 0.717) is 13.1 Å². The van der Waals surface area contributed by atoms with Gasteiger partial charge in [-0.25, -0.2) is 0 Å². The Hall–Kier alpha value is -2.47. The summed E-state index contributed by atoms with van der Waals surface area (Å²) in [5.74, 6) is -0.0276. The van der Waals surface area contributed by atoms with E-state index in [0.717, 1.165) is 44.3 Å². The summed E-state index contributed by atoms with van der Waals surface area (Å²) in [6, 6.07) is 3.44. The molecule has 1 unspecified atom stereocenters. The average molecular weight is 383 g/mol. The van der Waals surface area contributed by atoms with Crippen molar-refractivity contribution in [3.05, 3.63) is 55.4 Å². The molecule has 0 aliphatic carbocycles. The molecule has 0 spiro atoms. The molecule has 1 atom stereocenters. The summed E-state index contributed by atoms with van der Waals surface area (Å²) in [5, 5.41) is 2.92. The Labute approximate surface area is 167 Å². The topological polar surface area (TPSA) is 65.5 Å². The molecule has 1 aromatic heterocycles. The van der Waals surface area contributed by atoms with E-state index in [-0.39, 0.29) is 23.8 Å². The number of nitrogens with zero attached hydrogens (tertiary/aromatic N) is 3. The lowest BCUT2D eigenvalue weighted by atomic mass is 9.87. The first-order valence-electron chi connectivity index (χ1n) is 10.0. The van der Waals surface area contributed by atoms with Gasteiger partial charge in [-0.05, 0) is 37.3 Å². The van der Waals surface area contributed by atoms with Crippen LogP contribution < -0.4 is 5.32 Å². The van der Waals surface area contributed by atoms with E-state index >= 15 is 0 Å². The van der Waals surface area contributed by atoms with Crippen molar-refractivity contribution in [2.75, 3.05) is 19.6 Å². The Morgan fingerprint density at radius 2 is 2.11 bits per heavy atom. The molecule has 150 valence electrons. The lowest BCUT2D eigenvalue weighted by Crippen LogP contribution is -2.57. The predicted octanol–water partition coefficient (Wildman–Crippen LogP) is 2.29. The molecule has 2 saturated heterocycles. The van der Waals surface area contributed by atoms with Crippen LogP contribution in [0.15, 0.2) is 49.8 Å². The standard InChI is InChI=1S/C22H30N4O2/c1-3-8-22(9-4-2)10-6-13-26(22)20(27)15-19-21(28)24-12-14-25(19)17-18-7-5-11-23-16-18/h3-5,7,11,16,19H,1-2,6,8-10,12-15,17H2,(H,24,28). The molecule has 1 aromatic rings. The summed E-state index contributed by atoms with van der Waals surface area (Å²) in [6.07, 6.45) is 10.9. The number of hydrogen-bond donors (Lipinski definition) is 1. The summed E-state index contributed by atoms with van der Waals surface area (Å²) in [6.45, 7) is 10.4. The van der Waals surface area contributed by atoms with Gasteiger partial charge in [0.25, 0.3) is 0 Å². The second-order valence-corrected chi connectivity index (χ2v) is 7.70. The van der Waals surface area contributed by atoms with Gasteiger partial charge in [-0.2, -0.15) is 0 Å². The third-order valence-corrected chi connectivity index (χ3v) is 5.86. The molecule has 28 heavy (non-hydrogen) atoms. The molecule has 6 nitrogen and oxygen atoms in total. The number of hydrogen-bond acceptors (Lipinski definition) is 4. The number of pyridine rings is 1. The number of rotatable bonds is 8. The van der Waals surface area contributed by atoms with Crippen LogP contribution in [0, 0.1) is 0 Å². The van der Waals surface area contributed by atoms with Gasteiger partial charge in [0.1, 0.15) is 0 Å². The van der Waals surface area contributed by atoms with E-state index in [4.69, 9.17) is 0 Å². The van der Waals surface area contributed by atoms with Gasteiger partial charge in [0.15, 0.2) is 0 Å². The number of piperazine rings is 1. The van der Waals surface area contributed by atoms with Gasteiger partial charge in [0, 0.05) is 44.1 Å². The van der Waals surface area contributed by atoms with Crippen molar-refractivity contribution in [3.8, 4) is 0 Å². The quantitative estimate of drug-likeness (QED) is 0.701. The number of amides is 2. The van der Waals surface area contributed by atoms with Crippen molar-refractivity contribution in [2.24, 2.45) is 0 Å². The lowest BCUT2D eigenvalue weighted by molar-refractivity contribution is -0.141. The van der Waals surface area contributed by atoms with Crippen LogP contribution in [0.4, 0.5) is 0 Å². The van der Waals surface area contributed by atoms with Crippen molar-refractivity contribution in [2.45, 2.75) is 50.2 Å². The van der Waals surface area contributed by atoms with Crippen molar-refractivity contribution in [1.29, 1.82) is 0 Å². The first-order chi connectivity index (χ1) is 13.6. The van der Waals surface area contributed by atoms with E-state index in [1.54, 1.807) is 6.20 Å². The van der Waals surface area contributed by atoms with Gasteiger partial charge in [-0.15, -0.1) is 13.2 Å². The minimum Gasteiger partial charge on any atom is -0.353 e. The summed E-state index contributed by atoms with van der Waals surface area (Å²) in [4.78, 5) is 34.1. The minimum absolute atomic E-state index is 0.0411. The highest BCUT2D eigenvalue weighted by atomic mass is 16.2. The van der Waals surface area contributed by atoms with E-state index in [9.17, 15) is 9.59 Å². The van der Waals surface area contributed by atoms with Crippen LogP contribution in [0.25, 0.3) is 0 Å². The van der Waals surface area contributed by atoms with E-state index in [2.05, 4.69) is 28.4 Å². The Bertz CT molecular complexity index is 709. The summed E-state index contributed by atoms with van der Waals surface area (Å²) >= 11 is 0. The lowest BCUT2D eigenvalue weighted by Gasteiger charge is -2.40. The van der Waals surface area contributed by atoms with Crippen LogP contribution >= 0.6 is 0 Å². The Balaban J connectivity index is 1.74. The van der Waals surface area contributed by atoms with Gasteiger partial charge < -0.3 is 10.2 Å². The van der Waals surface area contributed by atoms with Gasteiger partial charge in [0.05, 0.1) is 12.5 Å². The zero-order chi connectivity index (χ0) is 20.0. The fourth-order valence-electron chi connectivity index (χ4n) is 4.55. The fraction of sp³-hybridized carbons (Fsp3) is 0.500. The largest absolute Gasteiger partial charge is 0.353 e. The first kappa shape index (κ1) is 20.3. The summed E-state index contributed by atoms with van der Waals surface area (Å²) < 4.78 is 0. The number of likely N-dealkylation sites (tertiary alicyclic amines) is 1. The van der Waals surface area contributed by atoms with E-state index in [1.165, 1.54) is 0 Å². The Kier molecular flexibility index (Phi) is 6.62.